The molecule has 0 spiro atoms. The molecule has 0 fully saturated rings. The fourth-order valence-corrected chi connectivity index (χ4v) is 2.27. The van der Waals surface area contributed by atoms with E-state index in [1.165, 1.54) is 13.2 Å². The summed E-state index contributed by atoms with van der Waals surface area (Å²) in [5.41, 5.74) is 1.11. The highest BCUT2D eigenvalue weighted by atomic mass is 16.5. The first-order chi connectivity index (χ1) is 12.1. The van der Waals surface area contributed by atoms with Crippen molar-refractivity contribution in [1.29, 1.82) is 0 Å². The minimum Gasteiger partial charge on any atom is -0.465 e. The summed E-state index contributed by atoms with van der Waals surface area (Å²) >= 11 is 0. The predicted molar refractivity (Wildman–Crippen MR) is 91.1 cm³/mol. The van der Waals surface area contributed by atoms with Gasteiger partial charge in [-0.1, -0.05) is 36.4 Å². The van der Waals surface area contributed by atoms with Gasteiger partial charge in [0.15, 0.2) is 6.04 Å². The molecule has 6 nitrogen and oxygen atoms in total. The van der Waals surface area contributed by atoms with Crippen LogP contribution in [-0.2, 0) is 14.3 Å². The summed E-state index contributed by atoms with van der Waals surface area (Å²) in [6.07, 6.45) is 0. The quantitative estimate of drug-likeness (QED) is 0.817. The number of hydrogen-bond acceptors (Lipinski definition) is 5. The fourth-order valence-electron chi connectivity index (χ4n) is 2.27. The van der Waals surface area contributed by atoms with Crippen LogP contribution in [-0.4, -0.2) is 31.6 Å². The number of benzene rings is 2. The molecule has 0 aliphatic heterocycles. The monoisotopic (exact) mass is 341 g/mol. The second-order valence-electron chi connectivity index (χ2n) is 5.14. The summed E-state index contributed by atoms with van der Waals surface area (Å²) in [5, 5.41) is 2.65. The minimum absolute atomic E-state index is 0.204. The van der Waals surface area contributed by atoms with Gasteiger partial charge in [0.25, 0.3) is 5.91 Å². The lowest BCUT2D eigenvalue weighted by Crippen LogP contribution is -2.35. The molecule has 0 saturated carbocycles. The van der Waals surface area contributed by atoms with E-state index < -0.39 is 23.9 Å². The zero-order valence-electron chi connectivity index (χ0n) is 14.0. The van der Waals surface area contributed by atoms with Gasteiger partial charge < -0.3 is 14.8 Å². The van der Waals surface area contributed by atoms with E-state index in [9.17, 15) is 14.4 Å². The number of esters is 2. The fraction of sp³-hybridized carbons (Fsp3) is 0.211. The van der Waals surface area contributed by atoms with E-state index in [0.717, 1.165) is 0 Å². The van der Waals surface area contributed by atoms with Crippen LogP contribution in [0.25, 0.3) is 0 Å². The standard InChI is InChI=1S/C19H19NO5/c1-3-25-19(23)16(13-8-5-4-6-9-13)20-17(21)14-10-7-11-15(12-14)18(22)24-2/h4-12,16H,3H2,1-2H3,(H,20,21). The van der Waals surface area contributed by atoms with E-state index in [1.807, 2.05) is 6.07 Å². The van der Waals surface area contributed by atoms with Crippen LogP contribution >= 0.6 is 0 Å². The largest absolute Gasteiger partial charge is 0.465 e. The van der Waals surface area contributed by atoms with Crippen LogP contribution in [0.15, 0.2) is 54.6 Å². The van der Waals surface area contributed by atoms with Crippen LogP contribution in [0.5, 0.6) is 0 Å². The Labute approximate surface area is 145 Å². The van der Waals surface area contributed by atoms with Crippen LogP contribution in [0.1, 0.15) is 39.2 Å². The topological polar surface area (TPSA) is 81.7 Å². The Morgan fingerprint density at radius 2 is 1.68 bits per heavy atom. The van der Waals surface area contributed by atoms with Gasteiger partial charge in [0.2, 0.25) is 0 Å². The van der Waals surface area contributed by atoms with Crippen LogP contribution in [0, 0.1) is 0 Å². The smallest absolute Gasteiger partial charge is 0.337 e. The Hall–Kier alpha value is -3.15. The third-order valence-corrected chi connectivity index (χ3v) is 3.48. The second kappa shape index (κ2) is 8.63. The molecule has 2 aromatic carbocycles. The average Bonchev–Trinajstić information content (AvgIpc) is 2.66. The molecule has 1 N–H and O–H groups in total. The minimum atomic E-state index is -0.935. The van der Waals surface area contributed by atoms with Gasteiger partial charge >= 0.3 is 11.9 Å². The van der Waals surface area contributed by atoms with Gasteiger partial charge in [0.05, 0.1) is 19.3 Å². The second-order valence-corrected chi connectivity index (χ2v) is 5.14. The number of carbonyl (C=O) groups excluding carboxylic acids is 3. The lowest BCUT2D eigenvalue weighted by Gasteiger charge is -2.18. The van der Waals surface area contributed by atoms with Crippen molar-refractivity contribution in [2.24, 2.45) is 0 Å². The normalized spacial score (nSPS) is 11.3. The average molecular weight is 341 g/mol. The van der Waals surface area contributed by atoms with Crippen LogP contribution in [0.3, 0.4) is 0 Å². The Balaban J connectivity index is 2.25. The van der Waals surface area contributed by atoms with Gasteiger partial charge in [-0.15, -0.1) is 0 Å². The van der Waals surface area contributed by atoms with Crippen molar-refractivity contribution < 1.29 is 23.9 Å². The molecule has 130 valence electrons. The number of amides is 1. The Morgan fingerprint density at radius 3 is 2.32 bits per heavy atom. The molecule has 1 unspecified atom stereocenters. The maximum absolute atomic E-state index is 12.5. The Kier molecular flexibility index (Phi) is 6.28. The first-order valence-corrected chi connectivity index (χ1v) is 7.77. The third-order valence-electron chi connectivity index (χ3n) is 3.48. The Morgan fingerprint density at radius 1 is 1.00 bits per heavy atom. The predicted octanol–water partition coefficient (Wildman–Crippen LogP) is 2.51. The molecule has 0 aliphatic rings. The molecule has 0 aliphatic carbocycles. The SMILES string of the molecule is CCOC(=O)C(NC(=O)c1cccc(C(=O)OC)c1)c1ccccc1. The number of nitrogens with one attached hydrogen (secondary N) is 1. The highest BCUT2D eigenvalue weighted by Gasteiger charge is 2.24. The molecule has 2 aromatic rings. The molecular weight excluding hydrogens is 322 g/mol. The third kappa shape index (κ3) is 4.67. The van der Waals surface area contributed by atoms with Crippen LogP contribution in [0.4, 0.5) is 0 Å². The molecule has 25 heavy (non-hydrogen) atoms. The summed E-state index contributed by atoms with van der Waals surface area (Å²) < 4.78 is 9.69. The molecule has 0 bridgehead atoms. The van der Waals surface area contributed by atoms with E-state index >= 15 is 0 Å². The van der Waals surface area contributed by atoms with Gasteiger partial charge in [0, 0.05) is 5.56 Å². The molecule has 0 saturated heterocycles. The molecule has 0 aromatic heterocycles. The summed E-state index contributed by atoms with van der Waals surface area (Å²) in [5.74, 6) is -1.58. The van der Waals surface area contributed by atoms with E-state index in [4.69, 9.17) is 4.74 Å². The zero-order valence-corrected chi connectivity index (χ0v) is 14.0. The highest BCUT2D eigenvalue weighted by Crippen LogP contribution is 2.16. The molecule has 0 radical (unpaired) electrons. The summed E-state index contributed by atoms with van der Waals surface area (Å²) in [7, 11) is 1.27. The lowest BCUT2D eigenvalue weighted by atomic mass is 10.1. The summed E-state index contributed by atoms with van der Waals surface area (Å²) in [6, 6.07) is 14.0. The first-order valence-electron chi connectivity index (χ1n) is 7.77. The molecule has 6 heteroatoms. The van der Waals surface area contributed by atoms with Gasteiger partial charge in [-0.25, -0.2) is 9.59 Å². The van der Waals surface area contributed by atoms with Crippen molar-refractivity contribution >= 4 is 17.8 Å². The van der Waals surface area contributed by atoms with E-state index in [2.05, 4.69) is 10.1 Å². The summed E-state index contributed by atoms with van der Waals surface area (Å²) in [4.78, 5) is 36.3. The number of rotatable bonds is 6. The van der Waals surface area contributed by atoms with Crippen molar-refractivity contribution in [3.8, 4) is 0 Å². The number of methoxy groups -OCH3 is 1. The van der Waals surface area contributed by atoms with Crippen molar-refractivity contribution in [3.63, 3.8) is 0 Å². The van der Waals surface area contributed by atoms with Gasteiger partial charge in [0.1, 0.15) is 0 Å². The van der Waals surface area contributed by atoms with Crippen LogP contribution in [0.2, 0.25) is 0 Å². The molecule has 0 heterocycles. The van der Waals surface area contributed by atoms with Crippen molar-refractivity contribution in [1.82, 2.24) is 5.32 Å². The zero-order chi connectivity index (χ0) is 18.2. The molecular formula is C19H19NO5. The lowest BCUT2D eigenvalue weighted by molar-refractivity contribution is -0.145. The number of carbonyl (C=O) groups is 3. The molecule has 2 rings (SSSR count). The first kappa shape index (κ1) is 18.2. The van der Waals surface area contributed by atoms with E-state index in [1.54, 1.807) is 49.4 Å². The van der Waals surface area contributed by atoms with Crippen LogP contribution < -0.4 is 5.32 Å². The van der Waals surface area contributed by atoms with Crippen molar-refractivity contribution in [2.75, 3.05) is 13.7 Å². The van der Waals surface area contributed by atoms with E-state index in [0.29, 0.717) is 5.56 Å². The number of ether oxygens (including phenoxy) is 2. The maximum atomic E-state index is 12.5. The van der Waals surface area contributed by atoms with Gasteiger partial charge in [-0.2, -0.15) is 0 Å². The summed E-state index contributed by atoms with van der Waals surface area (Å²) in [6.45, 7) is 1.90. The van der Waals surface area contributed by atoms with Crippen molar-refractivity contribution in [2.45, 2.75) is 13.0 Å². The molecule has 1 atom stereocenters. The molecule has 1 amide bonds. The number of hydrogen-bond donors (Lipinski definition) is 1. The highest BCUT2D eigenvalue weighted by molar-refractivity contribution is 5.99. The van der Waals surface area contributed by atoms with Gasteiger partial charge in [-0.05, 0) is 30.7 Å². The Bertz CT molecular complexity index is 757. The van der Waals surface area contributed by atoms with Crippen molar-refractivity contribution in [3.05, 3.63) is 71.3 Å². The van der Waals surface area contributed by atoms with E-state index in [-0.39, 0.29) is 17.7 Å². The van der Waals surface area contributed by atoms with Gasteiger partial charge in [-0.3, -0.25) is 4.79 Å². The maximum Gasteiger partial charge on any atom is 0.337 e.